The van der Waals surface area contributed by atoms with Gasteiger partial charge in [-0.1, -0.05) is 30.3 Å². The Balaban J connectivity index is 1.57. The first-order chi connectivity index (χ1) is 18.5. The van der Waals surface area contributed by atoms with Crippen molar-refractivity contribution in [2.45, 2.75) is 19.9 Å². The van der Waals surface area contributed by atoms with E-state index >= 15 is 0 Å². The summed E-state index contributed by atoms with van der Waals surface area (Å²) in [7, 11) is 1.52. The van der Waals surface area contributed by atoms with Crippen molar-refractivity contribution in [1.82, 2.24) is 29.5 Å². The Morgan fingerprint density at radius 2 is 1.82 bits per heavy atom. The van der Waals surface area contributed by atoms with Crippen LogP contribution in [0.25, 0.3) is 37.9 Å². The molecule has 0 bridgehead atoms. The molecule has 10 heteroatoms. The number of aromatic nitrogens is 6. The molecule has 0 aliphatic carbocycles. The van der Waals surface area contributed by atoms with Gasteiger partial charge in [0.15, 0.2) is 5.82 Å². The van der Waals surface area contributed by atoms with E-state index in [2.05, 4.69) is 30.2 Å². The van der Waals surface area contributed by atoms with Crippen LogP contribution in [0.3, 0.4) is 0 Å². The predicted molar refractivity (Wildman–Crippen MR) is 149 cm³/mol. The summed E-state index contributed by atoms with van der Waals surface area (Å²) in [5.41, 5.74) is 6.43. The molecule has 0 radical (unpaired) electrons. The van der Waals surface area contributed by atoms with Crippen molar-refractivity contribution in [3.63, 3.8) is 0 Å². The van der Waals surface area contributed by atoms with Gasteiger partial charge in [0.1, 0.15) is 16.7 Å². The SMILES string of the molecule is COc1ncc(-c2cccc3cc([C@H](C)Nc4ncnc5scnc45)n(-c4cccc(C)c4)c(=O)c23)cn1. The molecule has 0 amide bonds. The minimum Gasteiger partial charge on any atom is -0.467 e. The first kappa shape index (κ1) is 23.7. The van der Waals surface area contributed by atoms with Crippen LogP contribution in [0.15, 0.2) is 77.6 Å². The highest BCUT2D eigenvalue weighted by molar-refractivity contribution is 7.16. The highest BCUT2D eigenvalue weighted by Gasteiger charge is 2.20. The van der Waals surface area contributed by atoms with E-state index in [-0.39, 0.29) is 17.6 Å². The molecule has 38 heavy (non-hydrogen) atoms. The molecular weight excluding hydrogens is 498 g/mol. The zero-order valence-corrected chi connectivity index (χ0v) is 21.7. The lowest BCUT2D eigenvalue weighted by molar-refractivity contribution is 0.380. The zero-order valence-electron chi connectivity index (χ0n) is 20.9. The number of hydrogen-bond donors (Lipinski definition) is 1. The molecule has 4 aromatic heterocycles. The van der Waals surface area contributed by atoms with Crippen molar-refractivity contribution in [2.75, 3.05) is 12.4 Å². The standard InChI is InChI=1S/C28H23N7O2S/c1-16-6-4-8-20(10-16)35-22(17(2)34-25-24-26(32-14-31-25)38-15-33-24)11-18-7-5-9-21(23(18)27(35)36)19-12-29-28(37-3)30-13-19/h4-15,17H,1-3H3,(H,31,32,34)/t17-/m0/s1. The molecule has 6 aromatic rings. The fourth-order valence-electron chi connectivity index (χ4n) is 4.61. The van der Waals surface area contributed by atoms with Crippen molar-refractivity contribution in [2.24, 2.45) is 0 Å². The second-order valence-electron chi connectivity index (χ2n) is 8.87. The molecule has 9 nitrogen and oxygen atoms in total. The van der Waals surface area contributed by atoms with Gasteiger partial charge < -0.3 is 10.1 Å². The molecule has 0 unspecified atom stereocenters. The first-order valence-electron chi connectivity index (χ1n) is 12.0. The Hall–Kier alpha value is -4.70. The minimum absolute atomic E-state index is 0.135. The maximum absolute atomic E-state index is 14.3. The van der Waals surface area contributed by atoms with Crippen LogP contribution in [-0.2, 0) is 0 Å². The second kappa shape index (κ2) is 9.64. The van der Waals surface area contributed by atoms with E-state index in [1.165, 1.54) is 24.8 Å². The number of nitrogens with zero attached hydrogens (tertiary/aromatic N) is 6. The Labute approximate surface area is 221 Å². The molecule has 0 aliphatic heterocycles. The van der Waals surface area contributed by atoms with Crippen molar-refractivity contribution < 1.29 is 4.74 Å². The van der Waals surface area contributed by atoms with E-state index in [1.54, 1.807) is 22.5 Å². The van der Waals surface area contributed by atoms with Gasteiger partial charge in [-0.3, -0.25) is 9.36 Å². The second-order valence-corrected chi connectivity index (χ2v) is 9.70. The van der Waals surface area contributed by atoms with Crippen LogP contribution < -0.4 is 15.6 Å². The highest BCUT2D eigenvalue weighted by atomic mass is 32.1. The summed E-state index contributed by atoms with van der Waals surface area (Å²) in [6.07, 6.45) is 4.86. The van der Waals surface area contributed by atoms with Gasteiger partial charge in [0.05, 0.1) is 24.0 Å². The number of rotatable bonds is 6. The number of pyridine rings is 1. The minimum atomic E-state index is -0.277. The van der Waals surface area contributed by atoms with Crippen LogP contribution in [0, 0.1) is 6.92 Å². The van der Waals surface area contributed by atoms with E-state index in [1.807, 2.05) is 62.4 Å². The topological polar surface area (TPSA) is 108 Å². The van der Waals surface area contributed by atoms with Gasteiger partial charge in [0.25, 0.3) is 5.56 Å². The third kappa shape index (κ3) is 4.14. The summed E-state index contributed by atoms with van der Waals surface area (Å²) in [5, 5.41) is 4.87. The lowest BCUT2D eigenvalue weighted by Gasteiger charge is -2.22. The number of aryl methyl sites for hydroxylation is 1. The quantitative estimate of drug-likeness (QED) is 0.313. The number of hydrogen-bond acceptors (Lipinski definition) is 9. The zero-order chi connectivity index (χ0) is 26.2. The summed E-state index contributed by atoms with van der Waals surface area (Å²) in [6.45, 7) is 4.02. The average molecular weight is 522 g/mol. The molecule has 0 saturated carbocycles. The van der Waals surface area contributed by atoms with Crippen molar-refractivity contribution in [1.29, 1.82) is 0 Å². The van der Waals surface area contributed by atoms with Gasteiger partial charge in [-0.15, -0.1) is 11.3 Å². The third-order valence-electron chi connectivity index (χ3n) is 6.39. The van der Waals surface area contributed by atoms with E-state index in [9.17, 15) is 4.79 Å². The number of thiazole rings is 1. The van der Waals surface area contributed by atoms with Gasteiger partial charge >= 0.3 is 6.01 Å². The van der Waals surface area contributed by atoms with Crippen molar-refractivity contribution in [3.8, 4) is 22.8 Å². The average Bonchev–Trinajstić information content (AvgIpc) is 3.43. The molecule has 188 valence electrons. The number of anilines is 1. The van der Waals surface area contributed by atoms with Crippen molar-refractivity contribution in [3.05, 3.63) is 94.4 Å². The maximum atomic E-state index is 14.3. The Morgan fingerprint density at radius 3 is 2.61 bits per heavy atom. The summed E-state index contributed by atoms with van der Waals surface area (Å²) in [6, 6.07) is 15.7. The number of ether oxygens (including phenoxy) is 1. The van der Waals surface area contributed by atoms with Gasteiger partial charge in [0.2, 0.25) is 0 Å². The number of methoxy groups -OCH3 is 1. The Kier molecular flexibility index (Phi) is 6.01. The molecule has 2 aromatic carbocycles. The maximum Gasteiger partial charge on any atom is 0.316 e. The molecule has 1 atom stereocenters. The molecular formula is C28H23N7O2S. The molecule has 6 rings (SSSR count). The number of nitrogens with one attached hydrogen (secondary N) is 1. The number of fused-ring (bicyclic) bond motifs is 2. The molecule has 0 spiro atoms. The van der Waals surface area contributed by atoms with Gasteiger partial charge in [-0.05, 0) is 48.6 Å². The Bertz CT molecular complexity index is 1850. The molecule has 4 heterocycles. The van der Waals surface area contributed by atoms with E-state index in [4.69, 9.17) is 4.74 Å². The molecule has 0 fully saturated rings. The van der Waals surface area contributed by atoms with Crippen LogP contribution in [0.2, 0.25) is 0 Å². The van der Waals surface area contributed by atoms with Gasteiger partial charge in [-0.25, -0.2) is 24.9 Å². The van der Waals surface area contributed by atoms with Crippen LogP contribution in [0.4, 0.5) is 5.82 Å². The van der Waals surface area contributed by atoms with E-state index in [0.717, 1.165) is 38.3 Å². The summed E-state index contributed by atoms with van der Waals surface area (Å²) in [5.74, 6) is 0.622. The Morgan fingerprint density at radius 1 is 1.00 bits per heavy atom. The normalized spacial score (nSPS) is 12.1. The van der Waals surface area contributed by atoms with Crippen LogP contribution >= 0.6 is 11.3 Å². The van der Waals surface area contributed by atoms with Crippen LogP contribution in [0.5, 0.6) is 6.01 Å². The van der Waals surface area contributed by atoms with Gasteiger partial charge in [0, 0.05) is 29.3 Å². The van der Waals surface area contributed by atoms with Crippen LogP contribution in [0.1, 0.15) is 24.2 Å². The predicted octanol–water partition coefficient (Wildman–Crippen LogP) is 5.34. The summed E-state index contributed by atoms with van der Waals surface area (Å²) in [4.78, 5) is 36.8. The summed E-state index contributed by atoms with van der Waals surface area (Å²) < 4.78 is 6.87. The van der Waals surface area contributed by atoms with Gasteiger partial charge in [-0.2, -0.15) is 0 Å². The molecule has 0 aliphatic rings. The van der Waals surface area contributed by atoms with E-state index in [0.29, 0.717) is 16.7 Å². The lowest BCUT2D eigenvalue weighted by Crippen LogP contribution is -2.26. The van der Waals surface area contributed by atoms with Crippen molar-refractivity contribution >= 4 is 38.3 Å². The smallest absolute Gasteiger partial charge is 0.316 e. The third-order valence-corrected chi connectivity index (χ3v) is 7.12. The monoisotopic (exact) mass is 521 g/mol. The van der Waals surface area contributed by atoms with E-state index < -0.39 is 0 Å². The molecule has 0 saturated heterocycles. The molecule has 1 N–H and O–H groups in total. The summed E-state index contributed by atoms with van der Waals surface area (Å²) >= 11 is 1.46. The highest BCUT2D eigenvalue weighted by Crippen LogP contribution is 2.31. The fourth-order valence-corrected chi connectivity index (χ4v) is 5.24. The first-order valence-corrected chi connectivity index (χ1v) is 12.8. The fraction of sp³-hybridized carbons (Fsp3) is 0.143. The van der Waals surface area contributed by atoms with Crippen LogP contribution in [-0.4, -0.2) is 36.6 Å². The lowest BCUT2D eigenvalue weighted by atomic mass is 9.99. The number of benzene rings is 2. The largest absolute Gasteiger partial charge is 0.467 e.